The summed E-state index contributed by atoms with van der Waals surface area (Å²) in [5, 5.41) is 6.75. The third-order valence-electron chi connectivity index (χ3n) is 6.27. The van der Waals surface area contributed by atoms with Crippen LogP contribution in [0.25, 0.3) is 5.82 Å². The second kappa shape index (κ2) is 7.75. The maximum absolute atomic E-state index is 13.3. The van der Waals surface area contributed by atoms with E-state index in [9.17, 15) is 14.4 Å². The van der Waals surface area contributed by atoms with Gasteiger partial charge >= 0.3 is 6.03 Å². The summed E-state index contributed by atoms with van der Waals surface area (Å²) in [4.78, 5) is 40.2. The van der Waals surface area contributed by atoms with Crippen molar-refractivity contribution in [3.05, 3.63) is 58.6 Å². The minimum Gasteiger partial charge on any atom is -0.486 e. The number of benzene rings is 1. The molecule has 1 fully saturated rings. The van der Waals surface area contributed by atoms with E-state index in [0.717, 1.165) is 10.6 Å². The lowest BCUT2D eigenvalue weighted by Gasteiger charge is -2.25. The molecule has 1 N–H and O–H groups in total. The molecular weight excluding hydrogens is 440 g/mol. The van der Waals surface area contributed by atoms with Crippen LogP contribution in [-0.4, -0.2) is 52.1 Å². The largest absolute Gasteiger partial charge is 0.486 e. The highest BCUT2D eigenvalue weighted by Crippen LogP contribution is 2.37. The van der Waals surface area contributed by atoms with E-state index in [0.29, 0.717) is 53.1 Å². The van der Waals surface area contributed by atoms with E-state index in [-0.39, 0.29) is 12.3 Å². The molecule has 0 spiro atoms. The topological polar surface area (TPSA) is 116 Å². The maximum Gasteiger partial charge on any atom is 0.325 e. The second-order valence-corrected chi connectivity index (χ2v) is 8.64. The number of imide groups is 1. The summed E-state index contributed by atoms with van der Waals surface area (Å²) in [7, 11) is 0. The van der Waals surface area contributed by atoms with Crippen LogP contribution in [0.3, 0.4) is 0 Å². The van der Waals surface area contributed by atoms with Gasteiger partial charge in [0.2, 0.25) is 0 Å². The quantitative estimate of drug-likeness (QED) is 0.456. The standard InChI is InChI=1S/C24H24N4O6/c1-13-9-17(15(3)28(13)21-10-14(2)34-26-21)18(29)12-27-22(30)24(4,25-23(27)31)16-5-6-19-20(11-16)33-8-7-32-19/h5-6,9-11H,7-8,12H2,1-4H3,(H,25,31). The first kappa shape index (κ1) is 21.7. The average molecular weight is 464 g/mol. The van der Waals surface area contributed by atoms with Gasteiger partial charge in [-0.1, -0.05) is 11.2 Å². The molecule has 10 heteroatoms. The number of amides is 3. The van der Waals surface area contributed by atoms with Gasteiger partial charge in [0.05, 0.1) is 6.54 Å². The van der Waals surface area contributed by atoms with Crippen LogP contribution in [0.5, 0.6) is 11.5 Å². The van der Waals surface area contributed by atoms with Gasteiger partial charge in [0.1, 0.15) is 24.5 Å². The predicted octanol–water partition coefficient (Wildman–Crippen LogP) is 2.81. The first-order valence-electron chi connectivity index (χ1n) is 10.9. The fraction of sp³-hybridized carbons (Fsp3) is 0.333. The number of carbonyl (C=O) groups is 3. The SMILES string of the molecule is Cc1cc(-n2c(C)cc(C(=O)CN3C(=O)NC(C)(c4ccc5c(c4)OCCO5)C3=O)c2C)no1. The molecular formula is C24H24N4O6. The molecule has 2 aromatic heterocycles. The molecule has 3 amide bonds. The lowest BCUT2D eigenvalue weighted by Crippen LogP contribution is -2.41. The Morgan fingerprint density at radius 1 is 1.09 bits per heavy atom. The minimum atomic E-state index is -1.33. The van der Waals surface area contributed by atoms with Gasteiger partial charge in [-0.3, -0.25) is 19.1 Å². The Morgan fingerprint density at radius 2 is 1.82 bits per heavy atom. The molecule has 0 radical (unpaired) electrons. The molecule has 1 saturated heterocycles. The molecule has 10 nitrogen and oxygen atoms in total. The van der Waals surface area contributed by atoms with Crippen LogP contribution in [0.4, 0.5) is 4.79 Å². The molecule has 34 heavy (non-hydrogen) atoms. The van der Waals surface area contributed by atoms with Crippen LogP contribution < -0.4 is 14.8 Å². The summed E-state index contributed by atoms with van der Waals surface area (Å²) in [6.45, 7) is 7.50. The number of urea groups is 1. The van der Waals surface area contributed by atoms with E-state index in [1.54, 1.807) is 55.7 Å². The molecule has 5 rings (SSSR count). The molecule has 2 aliphatic rings. The normalized spacial score (nSPS) is 19.5. The van der Waals surface area contributed by atoms with E-state index < -0.39 is 17.5 Å². The fourth-order valence-electron chi connectivity index (χ4n) is 4.48. The van der Waals surface area contributed by atoms with Crippen LogP contribution in [0.1, 0.15) is 40.0 Å². The number of hydrogen-bond acceptors (Lipinski definition) is 7. The summed E-state index contributed by atoms with van der Waals surface area (Å²) in [5.41, 5.74) is 1.06. The third-order valence-corrected chi connectivity index (χ3v) is 6.27. The number of Topliss-reactive ketones (excluding diaryl/α,β-unsaturated/α-hetero) is 1. The molecule has 2 aliphatic heterocycles. The number of hydrogen-bond donors (Lipinski definition) is 1. The van der Waals surface area contributed by atoms with Gasteiger partial charge in [-0.05, 0) is 51.5 Å². The van der Waals surface area contributed by atoms with E-state index in [2.05, 4.69) is 10.5 Å². The first-order valence-corrected chi connectivity index (χ1v) is 10.9. The average Bonchev–Trinajstić information content (AvgIpc) is 3.43. The second-order valence-electron chi connectivity index (χ2n) is 8.64. The zero-order valence-corrected chi connectivity index (χ0v) is 19.3. The van der Waals surface area contributed by atoms with Crippen molar-refractivity contribution in [2.24, 2.45) is 0 Å². The van der Waals surface area contributed by atoms with Gasteiger partial charge in [-0.2, -0.15) is 0 Å². The maximum atomic E-state index is 13.3. The van der Waals surface area contributed by atoms with Crippen molar-refractivity contribution in [2.45, 2.75) is 33.2 Å². The zero-order valence-electron chi connectivity index (χ0n) is 19.3. The Morgan fingerprint density at radius 3 is 2.53 bits per heavy atom. The van der Waals surface area contributed by atoms with Crippen molar-refractivity contribution in [2.75, 3.05) is 19.8 Å². The molecule has 1 atom stereocenters. The van der Waals surface area contributed by atoms with Crippen LogP contribution in [0, 0.1) is 20.8 Å². The number of nitrogens with zero attached hydrogens (tertiary/aromatic N) is 3. The van der Waals surface area contributed by atoms with Crippen molar-refractivity contribution in [3.63, 3.8) is 0 Å². The van der Waals surface area contributed by atoms with Gasteiger partial charge in [0.25, 0.3) is 5.91 Å². The molecule has 1 unspecified atom stereocenters. The number of nitrogens with one attached hydrogen (secondary N) is 1. The van der Waals surface area contributed by atoms with Gasteiger partial charge in [-0.15, -0.1) is 0 Å². The minimum absolute atomic E-state index is 0.352. The predicted molar refractivity (Wildman–Crippen MR) is 119 cm³/mol. The highest BCUT2D eigenvalue weighted by molar-refractivity contribution is 6.11. The summed E-state index contributed by atoms with van der Waals surface area (Å²) in [5.74, 6) is 1.44. The number of ketones is 1. The van der Waals surface area contributed by atoms with E-state index >= 15 is 0 Å². The molecule has 0 aliphatic carbocycles. The van der Waals surface area contributed by atoms with Crippen molar-refractivity contribution in [3.8, 4) is 17.3 Å². The molecule has 0 saturated carbocycles. The van der Waals surface area contributed by atoms with Gasteiger partial charge in [-0.25, -0.2) is 4.79 Å². The Labute approximate surface area is 195 Å². The molecule has 3 aromatic rings. The first-order chi connectivity index (χ1) is 16.2. The summed E-state index contributed by atoms with van der Waals surface area (Å²) in [6, 6.07) is 7.97. The number of aromatic nitrogens is 2. The number of carbonyl (C=O) groups excluding carboxylic acids is 3. The summed E-state index contributed by atoms with van der Waals surface area (Å²) < 4.78 is 18.1. The lowest BCUT2D eigenvalue weighted by molar-refractivity contribution is -0.130. The number of ether oxygens (including phenoxy) is 2. The Bertz CT molecular complexity index is 1340. The highest BCUT2D eigenvalue weighted by atomic mass is 16.6. The van der Waals surface area contributed by atoms with Crippen molar-refractivity contribution < 1.29 is 28.4 Å². The van der Waals surface area contributed by atoms with Crippen molar-refractivity contribution >= 4 is 17.7 Å². The third kappa shape index (κ3) is 3.33. The van der Waals surface area contributed by atoms with E-state index in [1.807, 2.05) is 6.92 Å². The number of fused-ring (bicyclic) bond motifs is 1. The summed E-state index contributed by atoms with van der Waals surface area (Å²) >= 11 is 0. The molecule has 4 heterocycles. The zero-order chi connectivity index (χ0) is 24.2. The molecule has 1 aromatic carbocycles. The Kier molecular flexibility index (Phi) is 4.96. The van der Waals surface area contributed by atoms with Gasteiger partial charge in [0.15, 0.2) is 23.1 Å². The van der Waals surface area contributed by atoms with Crippen molar-refractivity contribution in [1.29, 1.82) is 0 Å². The monoisotopic (exact) mass is 464 g/mol. The van der Waals surface area contributed by atoms with Gasteiger partial charge in [0, 0.05) is 23.0 Å². The van der Waals surface area contributed by atoms with E-state index in [1.165, 1.54) is 0 Å². The number of aryl methyl sites for hydroxylation is 2. The van der Waals surface area contributed by atoms with Crippen LogP contribution in [0.15, 0.2) is 34.9 Å². The van der Waals surface area contributed by atoms with Crippen LogP contribution in [-0.2, 0) is 10.3 Å². The summed E-state index contributed by atoms with van der Waals surface area (Å²) in [6.07, 6.45) is 0. The molecule has 0 bridgehead atoms. The Hall–Kier alpha value is -4.08. The van der Waals surface area contributed by atoms with Crippen LogP contribution >= 0.6 is 0 Å². The number of rotatable bonds is 5. The van der Waals surface area contributed by atoms with E-state index in [4.69, 9.17) is 14.0 Å². The van der Waals surface area contributed by atoms with Gasteiger partial charge < -0.3 is 19.3 Å². The fourth-order valence-corrected chi connectivity index (χ4v) is 4.48. The Balaban J connectivity index is 1.40. The smallest absolute Gasteiger partial charge is 0.325 e. The van der Waals surface area contributed by atoms with Crippen LogP contribution in [0.2, 0.25) is 0 Å². The highest BCUT2D eigenvalue weighted by Gasteiger charge is 2.50. The lowest BCUT2D eigenvalue weighted by atomic mass is 9.91. The van der Waals surface area contributed by atoms with Crippen molar-refractivity contribution in [1.82, 2.24) is 19.9 Å². The molecule has 176 valence electrons.